The number of ether oxygens (including phenoxy) is 2. The van der Waals surface area contributed by atoms with Crippen molar-refractivity contribution < 1.29 is 9.47 Å². The number of hydrogen-bond donors (Lipinski definition) is 1. The molecule has 106 valence electrons. The maximum Gasteiger partial charge on any atom is 0.182 e. The van der Waals surface area contributed by atoms with E-state index < -0.39 is 0 Å². The van der Waals surface area contributed by atoms with Crippen LogP contribution in [0, 0.1) is 0 Å². The van der Waals surface area contributed by atoms with E-state index in [1.807, 2.05) is 16.8 Å². The van der Waals surface area contributed by atoms with Gasteiger partial charge in [-0.2, -0.15) is 0 Å². The second-order valence-corrected chi connectivity index (χ2v) is 4.77. The van der Waals surface area contributed by atoms with E-state index in [-0.39, 0.29) is 6.04 Å². The lowest BCUT2D eigenvalue weighted by Gasteiger charge is -2.22. The van der Waals surface area contributed by atoms with Gasteiger partial charge >= 0.3 is 0 Å². The fraction of sp³-hybridized carbons (Fsp3) is 0.462. The van der Waals surface area contributed by atoms with Crippen LogP contribution in [-0.4, -0.2) is 40.5 Å². The van der Waals surface area contributed by atoms with Crippen molar-refractivity contribution >= 4 is 5.69 Å². The third-order valence-electron chi connectivity index (χ3n) is 3.47. The number of methoxy groups -OCH3 is 1. The highest BCUT2D eigenvalue weighted by atomic mass is 16.5. The monoisotopic (exact) mass is 275 g/mol. The molecule has 1 aliphatic rings. The fourth-order valence-electron chi connectivity index (χ4n) is 2.40. The second-order valence-electron chi connectivity index (χ2n) is 4.77. The summed E-state index contributed by atoms with van der Waals surface area (Å²) in [6.45, 7) is 1.45. The van der Waals surface area contributed by atoms with E-state index in [4.69, 9.17) is 15.2 Å². The summed E-state index contributed by atoms with van der Waals surface area (Å²) in [7, 11) is 1.59. The van der Waals surface area contributed by atoms with Gasteiger partial charge in [-0.3, -0.25) is 0 Å². The Morgan fingerprint density at radius 1 is 1.45 bits per heavy atom. The Balaban J connectivity index is 1.96. The lowest BCUT2D eigenvalue weighted by molar-refractivity contribution is 0.0548. The summed E-state index contributed by atoms with van der Waals surface area (Å²) in [6.07, 6.45) is 2.04. The van der Waals surface area contributed by atoms with Crippen LogP contribution in [0.1, 0.15) is 18.9 Å². The Hall–Kier alpha value is -2.15. The molecule has 2 N–H and O–H groups in total. The van der Waals surface area contributed by atoms with Gasteiger partial charge in [-0.05, 0) is 41.5 Å². The van der Waals surface area contributed by atoms with E-state index in [0.29, 0.717) is 23.9 Å². The van der Waals surface area contributed by atoms with Crippen molar-refractivity contribution in [1.82, 2.24) is 20.2 Å². The second kappa shape index (κ2) is 5.46. The van der Waals surface area contributed by atoms with Crippen LogP contribution in [0.5, 0.6) is 5.75 Å². The Labute approximate surface area is 116 Å². The molecule has 20 heavy (non-hydrogen) atoms. The summed E-state index contributed by atoms with van der Waals surface area (Å²) in [5.41, 5.74) is 7.31. The Bertz CT molecular complexity index is 592. The van der Waals surface area contributed by atoms with Crippen LogP contribution in [0.4, 0.5) is 5.69 Å². The Kier molecular flexibility index (Phi) is 3.51. The molecular weight excluding hydrogens is 258 g/mol. The molecule has 0 aliphatic carbocycles. The van der Waals surface area contributed by atoms with Crippen molar-refractivity contribution in [1.29, 1.82) is 0 Å². The first-order valence-electron chi connectivity index (χ1n) is 6.59. The fourth-order valence-corrected chi connectivity index (χ4v) is 2.40. The Morgan fingerprint density at radius 3 is 3.10 bits per heavy atom. The van der Waals surface area contributed by atoms with Crippen molar-refractivity contribution in [3.8, 4) is 17.1 Å². The van der Waals surface area contributed by atoms with Crippen molar-refractivity contribution in [3.63, 3.8) is 0 Å². The zero-order valence-corrected chi connectivity index (χ0v) is 11.3. The number of aromatic nitrogens is 4. The lowest BCUT2D eigenvalue weighted by Crippen LogP contribution is -2.23. The predicted molar refractivity (Wildman–Crippen MR) is 73.3 cm³/mol. The molecule has 0 radical (unpaired) electrons. The Morgan fingerprint density at radius 2 is 2.35 bits per heavy atom. The van der Waals surface area contributed by atoms with Crippen LogP contribution in [0.25, 0.3) is 11.4 Å². The normalized spacial score (nSPS) is 18.9. The van der Waals surface area contributed by atoms with E-state index in [2.05, 4.69) is 15.5 Å². The average molecular weight is 275 g/mol. The van der Waals surface area contributed by atoms with Gasteiger partial charge in [0.15, 0.2) is 5.82 Å². The molecule has 1 aromatic heterocycles. The predicted octanol–water partition coefficient (Wildman–Crippen LogP) is 1.28. The van der Waals surface area contributed by atoms with Gasteiger partial charge in [0.25, 0.3) is 0 Å². The molecule has 7 heteroatoms. The van der Waals surface area contributed by atoms with Gasteiger partial charge < -0.3 is 15.2 Å². The third-order valence-corrected chi connectivity index (χ3v) is 3.47. The summed E-state index contributed by atoms with van der Waals surface area (Å²) >= 11 is 0. The molecule has 2 heterocycles. The van der Waals surface area contributed by atoms with E-state index in [1.54, 1.807) is 13.2 Å². The number of nitrogen functional groups attached to an aromatic ring is 1. The number of hydrogen-bond acceptors (Lipinski definition) is 6. The number of tetrazole rings is 1. The molecule has 0 bridgehead atoms. The van der Waals surface area contributed by atoms with Gasteiger partial charge in [-0.15, -0.1) is 5.10 Å². The first-order valence-corrected chi connectivity index (χ1v) is 6.59. The molecule has 7 nitrogen and oxygen atoms in total. The molecule has 0 saturated carbocycles. The minimum absolute atomic E-state index is 0.178. The van der Waals surface area contributed by atoms with Crippen LogP contribution < -0.4 is 10.5 Å². The summed E-state index contributed by atoms with van der Waals surface area (Å²) in [5.74, 6) is 1.33. The first-order chi connectivity index (χ1) is 9.79. The highest BCUT2D eigenvalue weighted by molar-refractivity contribution is 5.65. The SMILES string of the molecule is COc1cc(-c2nnnn2C2CCCOC2)ccc1N. The van der Waals surface area contributed by atoms with Crippen LogP contribution in [-0.2, 0) is 4.74 Å². The highest BCUT2D eigenvalue weighted by Crippen LogP contribution is 2.29. The molecule has 1 atom stereocenters. The van der Waals surface area contributed by atoms with E-state index in [1.165, 1.54) is 0 Å². The van der Waals surface area contributed by atoms with E-state index >= 15 is 0 Å². The number of nitrogens with two attached hydrogens (primary N) is 1. The smallest absolute Gasteiger partial charge is 0.182 e. The number of anilines is 1. The van der Waals surface area contributed by atoms with Crippen molar-refractivity contribution in [2.45, 2.75) is 18.9 Å². The van der Waals surface area contributed by atoms with E-state index in [9.17, 15) is 0 Å². The maximum absolute atomic E-state index is 5.83. The topological polar surface area (TPSA) is 88.1 Å². The van der Waals surface area contributed by atoms with Crippen LogP contribution in [0.3, 0.4) is 0 Å². The number of rotatable bonds is 3. The summed E-state index contributed by atoms with van der Waals surface area (Å²) in [5, 5.41) is 12.0. The molecule has 1 saturated heterocycles. The number of nitrogens with zero attached hydrogens (tertiary/aromatic N) is 4. The molecule has 1 aliphatic heterocycles. The third kappa shape index (κ3) is 2.32. The minimum Gasteiger partial charge on any atom is -0.495 e. The average Bonchev–Trinajstić information content (AvgIpc) is 2.98. The molecule has 0 spiro atoms. The first kappa shape index (κ1) is 12.9. The maximum atomic E-state index is 5.83. The summed E-state index contributed by atoms with van der Waals surface area (Å²) < 4.78 is 12.6. The zero-order valence-electron chi connectivity index (χ0n) is 11.3. The van der Waals surface area contributed by atoms with Crippen molar-refractivity contribution in [2.24, 2.45) is 0 Å². The van der Waals surface area contributed by atoms with Crippen LogP contribution in [0.15, 0.2) is 18.2 Å². The minimum atomic E-state index is 0.178. The zero-order chi connectivity index (χ0) is 13.9. The molecule has 1 fully saturated rings. The van der Waals surface area contributed by atoms with Crippen molar-refractivity contribution in [2.75, 3.05) is 26.1 Å². The van der Waals surface area contributed by atoms with Gasteiger partial charge in [0, 0.05) is 12.2 Å². The van der Waals surface area contributed by atoms with Gasteiger partial charge in [-0.1, -0.05) is 0 Å². The van der Waals surface area contributed by atoms with Crippen LogP contribution in [0.2, 0.25) is 0 Å². The standard InChI is InChI=1S/C13H17N5O2/c1-19-12-7-9(4-5-11(12)14)13-15-16-17-18(13)10-3-2-6-20-8-10/h4-5,7,10H,2-3,6,8,14H2,1H3. The van der Waals surface area contributed by atoms with Gasteiger partial charge in [0.1, 0.15) is 5.75 Å². The molecule has 0 amide bonds. The molecule has 3 rings (SSSR count). The largest absolute Gasteiger partial charge is 0.495 e. The number of benzene rings is 1. The van der Waals surface area contributed by atoms with Gasteiger partial charge in [0.2, 0.25) is 0 Å². The molecule has 1 aromatic carbocycles. The highest BCUT2D eigenvalue weighted by Gasteiger charge is 2.21. The molecule has 2 aromatic rings. The quantitative estimate of drug-likeness (QED) is 0.849. The van der Waals surface area contributed by atoms with E-state index in [0.717, 1.165) is 25.0 Å². The van der Waals surface area contributed by atoms with Crippen LogP contribution >= 0.6 is 0 Å². The van der Waals surface area contributed by atoms with Crippen molar-refractivity contribution in [3.05, 3.63) is 18.2 Å². The summed E-state index contributed by atoms with van der Waals surface area (Å²) in [4.78, 5) is 0. The van der Waals surface area contributed by atoms with Gasteiger partial charge in [0.05, 0.1) is 25.4 Å². The lowest BCUT2D eigenvalue weighted by atomic mass is 10.1. The summed E-state index contributed by atoms with van der Waals surface area (Å²) in [6, 6.07) is 5.72. The molecule has 1 unspecified atom stereocenters. The van der Waals surface area contributed by atoms with Gasteiger partial charge in [-0.25, -0.2) is 4.68 Å². The molecular formula is C13H17N5O2.